The first-order valence-corrected chi connectivity index (χ1v) is 5.13. The highest BCUT2D eigenvalue weighted by Crippen LogP contribution is 1.98. The molecule has 0 spiro atoms. The highest BCUT2D eigenvalue weighted by Gasteiger charge is 2.11. The highest BCUT2D eigenvalue weighted by atomic mass is 16.5. The predicted molar refractivity (Wildman–Crippen MR) is 59.5 cm³/mol. The number of aromatic nitrogens is 2. The Morgan fingerprint density at radius 2 is 2.50 bits per heavy atom. The van der Waals surface area contributed by atoms with Crippen molar-refractivity contribution in [3.8, 4) is 0 Å². The summed E-state index contributed by atoms with van der Waals surface area (Å²) < 4.78 is 6.75. The first-order valence-electron chi connectivity index (χ1n) is 5.13. The zero-order chi connectivity index (χ0) is 12.0. The fourth-order valence-electron chi connectivity index (χ4n) is 1.31. The van der Waals surface area contributed by atoms with Gasteiger partial charge < -0.3 is 15.8 Å². The maximum absolute atomic E-state index is 11.5. The average molecular weight is 226 g/mol. The first kappa shape index (κ1) is 12.7. The molecule has 0 aromatic carbocycles. The maximum Gasteiger partial charge on any atom is 0.222 e. The molecule has 1 aromatic heterocycles. The summed E-state index contributed by atoms with van der Waals surface area (Å²) in [5.41, 5.74) is 6.38. The third kappa shape index (κ3) is 3.63. The lowest BCUT2D eigenvalue weighted by Gasteiger charge is -2.12. The van der Waals surface area contributed by atoms with Gasteiger partial charge in [-0.2, -0.15) is 5.10 Å². The summed E-state index contributed by atoms with van der Waals surface area (Å²) in [5, 5.41) is 6.80. The van der Waals surface area contributed by atoms with Gasteiger partial charge in [0.25, 0.3) is 0 Å². The number of nitrogens with zero attached hydrogens (tertiary/aromatic N) is 2. The average Bonchev–Trinajstić information content (AvgIpc) is 2.69. The van der Waals surface area contributed by atoms with Gasteiger partial charge in [-0.1, -0.05) is 0 Å². The number of aryl methyl sites for hydroxylation is 1. The Labute approximate surface area is 94.8 Å². The van der Waals surface area contributed by atoms with E-state index in [-0.39, 0.29) is 18.4 Å². The second-order valence-corrected chi connectivity index (χ2v) is 3.52. The molecule has 0 fully saturated rings. The van der Waals surface area contributed by atoms with Gasteiger partial charge in [0.15, 0.2) is 0 Å². The Balaban J connectivity index is 2.33. The molecule has 0 saturated carbocycles. The minimum atomic E-state index is -0.216. The zero-order valence-corrected chi connectivity index (χ0v) is 9.64. The number of nitrogens with one attached hydrogen (secondary N) is 1. The second-order valence-electron chi connectivity index (χ2n) is 3.52. The van der Waals surface area contributed by atoms with Crippen LogP contribution in [0.2, 0.25) is 0 Å². The van der Waals surface area contributed by atoms with E-state index in [2.05, 4.69) is 10.4 Å². The van der Waals surface area contributed by atoms with Crippen molar-refractivity contribution in [1.29, 1.82) is 0 Å². The Morgan fingerprint density at radius 3 is 3.00 bits per heavy atom. The van der Waals surface area contributed by atoms with E-state index in [0.717, 1.165) is 5.69 Å². The summed E-state index contributed by atoms with van der Waals surface area (Å²) in [4.78, 5) is 11.5. The molecule has 1 rings (SSSR count). The number of hydrogen-bond donors (Lipinski definition) is 2. The van der Waals surface area contributed by atoms with Crippen molar-refractivity contribution < 1.29 is 9.53 Å². The molecule has 16 heavy (non-hydrogen) atoms. The molecule has 1 aromatic rings. The molecule has 1 atom stereocenters. The Morgan fingerprint density at radius 1 is 1.75 bits per heavy atom. The third-order valence-corrected chi connectivity index (χ3v) is 2.40. The number of carbonyl (C=O) groups excluding carboxylic acids is 1. The fraction of sp³-hybridized carbons (Fsp3) is 0.600. The zero-order valence-electron chi connectivity index (χ0n) is 9.64. The molecule has 3 N–H and O–H groups in total. The van der Waals surface area contributed by atoms with Crippen LogP contribution in [0.25, 0.3) is 0 Å². The lowest BCUT2D eigenvalue weighted by atomic mass is 10.2. The highest BCUT2D eigenvalue weighted by molar-refractivity contribution is 5.76. The number of ether oxygens (including phenoxy) is 1. The van der Waals surface area contributed by atoms with Gasteiger partial charge in [0.2, 0.25) is 5.91 Å². The minimum absolute atomic E-state index is 0.0708. The van der Waals surface area contributed by atoms with Crippen LogP contribution in [-0.4, -0.2) is 35.4 Å². The molecular formula is C10H18N4O2. The van der Waals surface area contributed by atoms with Crippen molar-refractivity contribution in [2.45, 2.75) is 19.1 Å². The van der Waals surface area contributed by atoms with E-state index in [1.54, 1.807) is 18.0 Å². The van der Waals surface area contributed by atoms with Gasteiger partial charge in [0.1, 0.15) is 0 Å². The van der Waals surface area contributed by atoms with Crippen LogP contribution in [0.5, 0.6) is 0 Å². The summed E-state index contributed by atoms with van der Waals surface area (Å²) in [5.74, 6) is -0.0708. The monoisotopic (exact) mass is 226 g/mol. The van der Waals surface area contributed by atoms with Crippen LogP contribution in [0, 0.1) is 0 Å². The minimum Gasteiger partial charge on any atom is -0.380 e. The van der Waals surface area contributed by atoms with Crippen LogP contribution in [-0.2, 0) is 23.1 Å². The van der Waals surface area contributed by atoms with Crippen LogP contribution in [0.4, 0.5) is 0 Å². The van der Waals surface area contributed by atoms with Crippen molar-refractivity contribution in [2.24, 2.45) is 12.8 Å². The molecule has 0 aliphatic rings. The van der Waals surface area contributed by atoms with Crippen molar-refractivity contribution in [3.05, 3.63) is 18.0 Å². The molecule has 0 radical (unpaired) electrons. The SMILES string of the molecule is COC(CN)CC(=O)NCc1ccnn1C. The Hall–Kier alpha value is -1.40. The molecule has 1 heterocycles. The lowest BCUT2D eigenvalue weighted by molar-refractivity contribution is -0.123. The molecule has 6 nitrogen and oxygen atoms in total. The summed E-state index contributed by atoms with van der Waals surface area (Å²) in [6, 6.07) is 1.86. The molecule has 6 heteroatoms. The lowest BCUT2D eigenvalue weighted by Crippen LogP contribution is -2.32. The molecule has 0 bridgehead atoms. The van der Waals surface area contributed by atoms with Crippen molar-refractivity contribution in [1.82, 2.24) is 15.1 Å². The molecule has 1 amide bonds. The van der Waals surface area contributed by atoms with Gasteiger partial charge in [-0.15, -0.1) is 0 Å². The number of nitrogens with two attached hydrogens (primary N) is 1. The first-order chi connectivity index (χ1) is 7.67. The normalized spacial score (nSPS) is 12.4. The van der Waals surface area contributed by atoms with Crippen molar-refractivity contribution in [3.63, 3.8) is 0 Å². The largest absolute Gasteiger partial charge is 0.380 e. The molecule has 0 saturated heterocycles. The molecular weight excluding hydrogens is 208 g/mol. The van der Waals surface area contributed by atoms with Crippen LogP contribution < -0.4 is 11.1 Å². The Bertz CT molecular complexity index is 333. The molecule has 0 aliphatic carbocycles. The second kappa shape index (κ2) is 6.24. The van der Waals surface area contributed by atoms with Crippen LogP contribution in [0.1, 0.15) is 12.1 Å². The van der Waals surface area contributed by atoms with Gasteiger partial charge in [-0.25, -0.2) is 0 Å². The van der Waals surface area contributed by atoms with E-state index in [1.807, 2.05) is 13.1 Å². The van der Waals surface area contributed by atoms with E-state index < -0.39 is 0 Å². The standard InChI is InChI=1S/C10H18N4O2/c1-14-8(3-4-13-14)7-12-10(15)5-9(6-11)16-2/h3-4,9H,5-7,11H2,1-2H3,(H,12,15). The van der Waals surface area contributed by atoms with E-state index in [4.69, 9.17) is 10.5 Å². The predicted octanol–water partition coefficient (Wildman–Crippen LogP) is -0.600. The van der Waals surface area contributed by atoms with E-state index >= 15 is 0 Å². The Kier molecular flexibility index (Phi) is 4.94. The number of methoxy groups -OCH3 is 1. The molecule has 90 valence electrons. The molecule has 0 aliphatic heterocycles. The van der Waals surface area contributed by atoms with Gasteiger partial charge in [-0.05, 0) is 6.07 Å². The summed E-state index contributed by atoms with van der Waals surface area (Å²) >= 11 is 0. The quantitative estimate of drug-likeness (QED) is 0.678. The summed E-state index contributed by atoms with van der Waals surface area (Å²) in [6.07, 6.45) is 1.76. The van der Waals surface area contributed by atoms with Gasteiger partial charge in [-0.3, -0.25) is 9.48 Å². The van der Waals surface area contributed by atoms with E-state index in [0.29, 0.717) is 13.1 Å². The van der Waals surface area contributed by atoms with Crippen molar-refractivity contribution in [2.75, 3.05) is 13.7 Å². The molecule has 1 unspecified atom stereocenters. The van der Waals surface area contributed by atoms with Crippen LogP contribution in [0.15, 0.2) is 12.3 Å². The smallest absolute Gasteiger partial charge is 0.222 e. The third-order valence-electron chi connectivity index (χ3n) is 2.40. The topological polar surface area (TPSA) is 82.2 Å². The number of amides is 1. The van der Waals surface area contributed by atoms with Gasteiger partial charge in [0.05, 0.1) is 24.8 Å². The van der Waals surface area contributed by atoms with Gasteiger partial charge in [0, 0.05) is 26.9 Å². The summed E-state index contributed by atoms with van der Waals surface area (Å²) in [7, 11) is 3.38. The number of hydrogen-bond acceptors (Lipinski definition) is 4. The van der Waals surface area contributed by atoms with E-state index in [1.165, 1.54) is 0 Å². The van der Waals surface area contributed by atoms with E-state index in [9.17, 15) is 4.79 Å². The summed E-state index contributed by atoms with van der Waals surface area (Å²) in [6.45, 7) is 0.811. The van der Waals surface area contributed by atoms with Crippen molar-refractivity contribution >= 4 is 5.91 Å². The fourth-order valence-corrected chi connectivity index (χ4v) is 1.31. The number of rotatable bonds is 6. The van der Waals surface area contributed by atoms with Crippen LogP contribution >= 0.6 is 0 Å². The van der Waals surface area contributed by atoms with Gasteiger partial charge >= 0.3 is 0 Å². The maximum atomic E-state index is 11.5. The van der Waals surface area contributed by atoms with Crippen LogP contribution in [0.3, 0.4) is 0 Å². The number of carbonyl (C=O) groups is 1.